The number of nitrogens with zero attached hydrogens (tertiary/aromatic N) is 1. The highest BCUT2D eigenvalue weighted by Gasteiger charge is 2.31. The number of rotatable bonds is 4. The summed E-state index contributed by atoms with van der Waals surface area (Å²) in [5, 5.41) is 2.58. The summed E-state index contributed by atoms with van der Waals surface area (Å²) in [5.41, 5.74) is -1.60. The van der Waals surface area contributed by atoms with Crippen LogP contribution in [0.15, 0.2) is 23.1 Å². The van der Waals surface area contributed by atoms with Crippen LogP contribution in [-0.2, 0) is 17.5 Å². The second-order valence-corrected chi connectivity index (χ2v) is 4.26. The molecule has 0 saturated heterocycles. The number of amides is 1. The largest absolute Gasteiger partial charge is 0.417 e. The molecule has 0 fully saturated rings. The second kappa shape index (κ2) is 5.90. The van der Waals surface area contributed by atoms with Gasteiger partial charge in [0.05, 0.1) is 5.56 Å². The molecule has 1 rings (SSSR count). The van der Waals surface area contributed by atoms with Gasteiger partial charge in [-0.3, -0.25) is 9.59 Å². The van der Waals surface area contributed by atoms with Crippen molar-refractivity contribution in [2.75, 3.05) is 0 Å². The predicted octanol–water partition coefficient (Wildman–Crippen LogP) is 1.78. The van der Waals surface area contributed by atoms with Crippen LogP contribution in [0.1, 0.15) is 25.8 Å². The summed E-state index contributed by atoms with van der Waals surface area (Å²) < 4.78 is 38.2. The van der Waals surface area contributed by atoms with Gasteiger partial charge in [-0.05, 0) is 19.4 Å². The number of aromatic nitrogens is 1. The molecule has 19 heavy (non-hydrogen) atoms. The first-order valence-corrected chi connectivity index (χ1v) is 5.81. The van der Waals surface area contributed by atoms with Gasteiger partial charge in [-0.1, -0.05) is 6.92 Å². The molecule has 106 valence electrons. The maximum Gasteiger partial charge on any atom is 0.417 e. The topological polar surface area (TPSA) is 51.1 Å². The minimum absolute atomic E-state index is 0.0889. The Morgan fingerprint density at radius 2 is 2.05 bits per heavy atom. The minimum Gasteiger partial charge on any atom is -0.352 e. The third-order valence-electron chi connectivity index (χ3n) is 2.64. The van der Waals surface area contributed by atoms with Gasteiger partial charge in [-0.2, -0.15) is 13.2 Å². The first-order valence-electron chi connectivity index (χ1n) is 5.81. The van der Waals surface area contributed by atoms with Crippen LogP contribution >= 0.6 is 0 Å². The van der Waals surface area contributed by atoms with Crippen molar-refractivity contribution in [1.29, 1.82) is 0 Å². The molecule has 0 saturated carbocycles. The molecule has 0 radical (unpaired) electrons. The monoisotopic (exact) mass is 276 g/mol. The van der Waals surface area contributed by atoms with Crippen molar-refractivity contribution < 1.29 is 18.0 Å². The van der Waals surface area contributed by atoms with Gasteiger partial charge in [0.2, 0.25) is 5.91 Å². The molecule has 0 aliphatic rings. The Morgan fingerprint density at radius 1 is 1.42 bits per heavy atom. The second-order valence-electron chi connectivity index (χ2n) is 4.26. The predicted molar refractivity (Wildman–Crippen MR) is 63.6 cm³/mol. The summed E-state index contributed by atoms with van der Waals surface area (Å²) in [6.45, 7) is 3.21. The number of hydrogen-bond acceptors (Lipinski definition) is 2. The Kier molecular flexibility index (Phi) is 4.74. The molecule has 1 amide bonds. The highest BCUT2D eigenvalue weighted by Crippen LogP contribution is 2.27. The number of hydrogen-bond donors (Lipinski definition) is 1. The van der Waals surface area contributed by atoms with E-state index in [1.807, 2.05) is 6.92 Å². The van der Waals surface area contributed by atoms with Gasteiger partial charge in [0.25, 0.3) is 5.56 Å². The zero-order chi connectivity index (χ0) is 14.6. The zero-order valence-electron chi connectivity index (χ0n) is 10.6. The average molecular weight is 276 g/mol. The molecule has 0 aromatic carbocycles. The molecule has 1 aromatic rings. The molecule has 1 aromatic heterocycles. The van der Waals surface area contributed by atoms with E-state index in [-0.39, 0.29) is 6.04 Å². The molecule has 4 nitrogen and oxygen atoms in total. The van der Waals surface area contributed by atoms with Crippen LogP contribution in [0.3, 0.4) is 0 Å². The SMILES string of the molecule is CC[C@H](C)NC(=O)Cn1cc(C(F)(F)F)ccc1=O. The molecular formula is C12H15F3N2O2. The van der Waals surface area contributed by atoms with Gasteiger partial charge < -0.3 is 9.88 Å². The molecule has 1 N–H and O–H groups in total. The third-order valence-corrected chi connectivity index (χ3v) is 2.64. The molecule has 1 heterocycles. The summed E-state index contributed by atoms with van der Waals surface area (Å²) in [5.74, 6) is -0.490. The van der Waals surface area contributed by atoms with Crippen molar-refractivity contribution in [2.24, 2.45) is 0 Å². The first-order chi connectivity index (χ1) is 8.74. The molecule has 0 aliphatic heterocycles. The lowest BCUT2D eigenvalue weighted by molar-refractivity contribution is -0.138. The third kappa shape index (κ3) is 4.42. The molecule has 0 spiro atoms. The molecule has 1 atom stereocenters. The quantitative estimate of drug-likeness (QED) is 0.911. The number of nitrogens with one attached hydrogen (secondary N) is 1. The smallest absolute Gasteiger partial charge is 0.352 e. The first kappa shape index (κ1) is 15.3. The molecule has 0 bridgehead atoms. The maximum absolute atomic E-state index is 12.5. The van der Waals surface area contributed by atoms with E-state index in [0.29, 0.717) is 18.7 Å². The Bertz CT molecular complexity index is 508. The molecule has 0 aliphatic carbocycles. The van der Waals surface area contributed by atoms with Crippen LogP contribution in [0, 0.1) is 0 Å². The summed E-state index contributed by atoms with van der Waals surface area (Å²) in [7, 11) is 0. The van der Waals surface area contributed by atoms with E-state index in [0.717, 1.165) is 10.6 Å². The van der Waals surface area contributed by atoms with E-state index in [9.17, 15) is 22.8 Å². The summed E-state index contributed by atoms with van der Waals surface area (Å²) >= 11 is 0. The number of pyridine rings is 1. The Morgan fingerprint density at radius 3 is 2.58 bits per heavy atom. The lowest BCUT2D eigenvalue weighted by Crippen LogP contribution is -2.37. The van der Waals surface area contributed by atoms with Crippen molar-refractivity contribution in [3.63, 3.8) is 0 Å². The van der Waals surface area contributed by atoms with Gasteiger partial charge in [-0.25, -0.2) is 0 Å². The number of halogens is 3. The van der Waals surface area contributed by atoms with Crippen LogP contribution in [0.25, 0.3) is 0 Å². The number of alkyl halides is 3. The van der Waals surface area contributed by atoms with E-state index in [1.165, 1.54) is 0 Å². The number of carbonyl (C=O) groups excluding carboxylic acids is 1. The van der Waals surface area contributed by atoms with Crippen LogP contribution < -0.4 is 10.9 Å². The standard InChI is InChI=1S/C12H15F3N2O2/c1-3-8(2)16-10(18)7-17-6-9(12(13,14)15)4-5-11(17)19/h4-6,8H,3,7H2,1-2H3,(H,16,18)/t8-/m0/s1. The van der Waals surface area contributed by atoms with E-state index in [1.54, 1.807) is 6.92 Å². The summed E-state index contributed by atoms with van der Waals surface area (Å²) in [6.07, 6.45) is -3.19. The normalized spacial score (nSPS) is 13.1. The lowest BCUT2D eigenvalue weighted by Gasteiger charge is -2.13. The van der Waals surface area contributed by atoms with Crippen molar-refractivity contribution in [1.82, 2.24) is 9.88 Å². The van der Waals surface area contributed by atoms with Gasteiger partial charge >= 0.3 is 6.18 Å². The highest BCUT2D eigenvalue weighted by molar-refractivity contribution is 5.76. The number of carbonyl (C=O) groups is 1. The fraction of sp³-hybridized carbons (Fsp3) is 0.500. The summed E-state index contributed by atoms with van der Waals surface area (Å²) in [6, 6.07) is 1.42. The van der Waals surface area contributed by atoms with Crippen LogP contribution in [0.4, 0.5) is 13.2 Å². The van der Waals surface area contributed by atoms with E-state index in [4.69, 9.17) is 0 Å². The molecule has 7 heteroatoms. The minimum atomic E-state index is -4.54. The van der Waals surface area contributed by atoms with Gasteiger partial charge in [0, 0.05) is 18.3 Å². The van der Waals surface area contributed by atoms with Gasteiger partial charge in [0.1, 0.15) is 6.54 Å². The Labute approximate surface area is 108 Å². The molecular weight excluding hydrogens is 261 g/mol. The maximum atomic E-state index is 12.5. The van der Waals surface area contributed by atoms with Crippen LogP contribution in [0.2, 0.25) is 0 Å². The lowest BCUT2D eigenvalue weighted by atomic mass is 10.2. The van der Waals surface area contributed by atoms with Crippen molar-refractivity contribution in [3.05, 3.63) is 34.2 Å². The average Bonchev–Trinajstić information content (AvgIpc) is 2.30. The zero-order valence-corrected chi connectivity index (χ0v) is 10.6. The summed E-state index contributed by atoms with van der Waals surface area (Å²) in [4.78, 5) is 22.9. The van der Waals surface area contributed by atoms with Crippen LogP contribution in [0.5, 0.6) is 0 Å². The fourth-order valence-corrected chi connectivity index (χ4v) is 1.40. The van der Waals surface area contributed by atoms with E-state index < -0.39 is 29.8 Å². The fourth-order valence-electron chi connectivity index (χ4n) is 1.40. The van der Waals surface area contributed by atoms with E-state index in [2.05, 4.69) is 5.32 Å². The Hall–Kier alpha value is -1.79. The molecule has 0 unspecified atom stereocenters. The van der Waals surface area contributed by atoms with Crippen molar-refractivity contribution in [3.8, 4) is 0 Å². The van der Waals surface area contributed by atoms with E-state index >= 15 is 0 Å². The van der Waals surface area contributed by atoms with Crippen molar-refractivity contribution >= 4 is 5.91 Å². The van der Waals surface area contributed by atoms with Crippen LogP contribution in [-0.4, -0.2) is 16.5 Å². The van der Waals surface area contributed by atoms with Gasteiger partial charge in [-0.15, -0.1) is 0 Å². The van der Waals surface area contributed by atoms with Gasteiger partial charge in [0.15, 0.2) is 0 Å². The highest BCUT2D eigenvalue weighted by atomic mass is 19.4. The van der Waals surface area contributed by atoms with Crippen molar-refractivity contribution in [2.45, 2.75) is 39.0 Å². The Balaban J connectivity index is 2.89.